The minimum atomic E-state index is -0.997. The predicted molar refractivity (Wildman–Crippen MR) is 152 cm³/mol. The standard InChI is InChI=1S/C31H26N2O6S/c1-17(40-19-9-6-8-18(16-19)32-30(37)22-12-4-5-13-23(22)31(38)39)29(36)33-25-15-7-14-24-26(25)28(35)21-11-3-2-10-20(21)27(24)34/h2-11,14-17,22-23H,12-13H2,1H3,(H,32,37)(H,33,36)(H,38,39). The number of amides is 2. The Bertz CT molecular complexity index is 1580. The Kier molecular flexibility index (Phi) is 7.66. The molecule has 3 aromatic carbocycles. The second kappa shape index (κ2) is 11.3. The number of ketones is 2. The minimum Gasteiger partial charge on any atom is -0.481 e. The summed E-state index contributed by atoms with van der Waals surface area (Å²) in [5.41, 5.74) is 1.86. The lowest BCUT2D eigenvalue weighted by atomic mass is 9.82. The number of aliphatic carboxylic acids is 1. The normalized spacial score (nSPS) is 18.3. The van der Waals surface area contributed by atoms with E-state index >= 15 is 0 Å². The molecular formula is C31H26N2O6S. The first-order valence-corrected chi connectivity index (χ1v) is 13.7. The predicted octanol–water partition coefficient (Wildman–Crippen LogP) is 5.19. The Morgan fingerprint density at radius 3 is 2.20 bits per heavy atom. The summed E-state index contributed by atoms with van der Waals surface area (Å²) in [6, 6.07) is 18.4. The van der Waals surface area contributed by atoms with Gasteiger partial charge in [-0.15, -0.1) is 11.8 Å². The van der Waals surface area contributed by atoms with Gasteiger partial charge in [-0.2, -0.15) is 0 Å². The fraction of sp³-hybridized carbons (Fsp3) is 0.194. The van der Waals surface area contributed by atoms with Gasteiger partial charge in [0.2, 0.25) is 11.8 Å². The van der Waals surface area contributed by atoms with Crippen molar-refractivity contribution < 1.29 is 29.1 Å². The lowest BCUT2D eigenvalue weighted by Gasteiger charge is -2.24. The Morgan fingerprint density at radius 2 is 1.48 bits per heavy atom. The largest absolute Gasteiger partial charge is 0.481 e. The van der Waals surface area contributed by atoms with Gasteiger partial charge in [-0.05, 0) is 44.0 Å². The van der Waals surface area contributed by atoms with Crippen molar-refractivity contribution in [3.05, 3.63) is 101 Å². The number of thioether (sulfide) groups is 1. The molecule has 2 amide bonds. The van der Waals surface area contributed by atoms with Crippen molar-refractivity contribution in [3.8, 4) is 0 Å². The van der Waals surface area contributed by atoms with E-state index in [1.54, 1.807) is 79.7 Å². The molecule has 0 radical (unpaired) electrons. The van der Waals surface area contributed by atoms with Gasteiger partial charge >= 0.3 is 5.97 Å². The van der Waals surface area contributed by atoms with E-state index in [9.17, 15) is 29.1 Å². The van der Waals surface area contributed by atoms with Gasteiger partial charge in [0.25, 0.3) is 0 Å². The molecule has 0 saturated heterocycles. The molecular weight excluding hydrogens is 528 g/mol. The van der Waals surface area contributed by atoms with Gasteiger partial charge in [-0.3, -0.25) is 24.0 Å². The molecule has 0 spiro atoms. The van der Waals surface area contributed by atoms with E-state index in [0.717, 1.165) is 0 Å². The monoisotopic (exact) mass is 554 g/mol. The maximum absolute atomic E-state index is 13.2. The molecule has 3 N–H and O–H groups in total. The SMILES string of the molecule is CC(Sc1cccc(NC(=O)C2CC=CCC2C(=O)O)c1)C(=O)Nc1cccc2c1C(=O)c1ccccc1C2=O. The van der Waals surface area contributed by atoms with Crippen molar-refractivity contribution >= 4 is 52.5 Å². The Labute approximate surface area is 234 Å². The fourth-order valence-electron chi connectivity index (χ4n) is 5.00. The number of carbonyl (C=O) groups excluding carboxylic acids is 4. The van der Waals surface area contributed by atoms with Crippen LogP contribution in [0.4, 0.5) is 11.4 Å². The van der Waals surface area contributed by atoms with Crippen molar-refractivity contribution in [1.82, 2.24) is 0 Å². The molecule has 3 unspecified atom stereocenters. The first kappa shape index (κ1) is 27.1. The summed E-state index contributed by atoms with van der Waals surface area (Å²) in [5.74, 6) is -3.73. The molecule has 0 bridgehead atoms. The first-order valence-electron chi connectivity index (χ1n) is 12.8. The zero-order valence-corrected chi connectivity index (χ0v) is 22.4. The van der Waals surface area contributed by atoms with Crippen molar-refractivity contribution in [3.63, 3.8) is 0 Å². The van der Waals surface area contributed by atoms with Gasteiger partial charge < -0.3 is 15.7 Å². The number of hydrogen-bond donors (Lipinski definition) is 3. The van der Waals surface area contributed by atoms with E-state index in [1.807, 2.05) is 6.08 Å². The summed E-state index contributed by atoms with van der Waals surface area (Å²) in [6.45, 7) is 1.72. The average Bonchev–Trinajstić information content (AvgIpc) is 2.96. The summed E-state index contributed by atoms with van der Waals surface area (Å²) in [7, 11) is 0. The van der Waals surface area contributed by atoms with Crippen molar-refractivity contribution in [2.75, 3.05) is 10.6 Å². The molecule has 0 saturated carbocycles. The minimum absolute atomic E-state index is 0.179. The third-order valence-corrected chi connectivity index (χ3v) is 8.17. The van der Waals surface area contributed by atoms with E-state index in [4.69, 9.17) is 0 Å². The molecule has 3 atom stereocenters. The van der Waals surface area contributed by atoms with Crippen molar-refractivity contribution in [2.24, 2.45) is 11.8 Å². The molecule has 0 fully saturated rings. The number of anilines is 2. The fourth-order valence-corrected chi connectivity index (χ4v) is 5.93. The number of carboxylic acids is 1. The number of benzene rings is 3. The number of rotatable bonds is 7. The molecule has 8 nitrogen and oxygen atoms in total. The molecule has 0 aromatic heterocycles. The number of nitrogens with one attached hydrogen (secondary N) is 2. The second-order valence-electron chi connectivity index (χ2n) is 9.69. The molecule has 2 aliphatic carbocycles. The van der Waals surface area contributed by atoms with Crippen LogP contribution in [0.3, 0.4) is 0 Å². The lowest BCUT2D eigenvalue weighted by Crippen LogP contribution is -2.34. The molecule has 202 valence electrons. The molecule has 0 heterocycles. The Morgan fingerprint density at radius 1 is 0.825 bits per heavy atom. The summed E-state index contributed by atoms with van der Waals surface area (Å²) >= 11 is 1.26. The molecule has 2 aliphatic rings. The van der Waals surface area contributed by atoms with Crippen LogP contribution in [0.2, 0.25) is 0 Å². The zero-order chi connectivity index (χ0) is 28.4. The highest BCUT2D eigenvalue weighted by atomic mass is 32.2. The molecule has 5 rings (SSSR count). The van der Waals surface area contributed by atoms with Gasteiger partial charge in [0.05, 0.1) is 28.3 Å². The highest BCUT2D eigenvalue weighted by molar-refractivity contribution is 8.00. The van der Waals surface area contributed by atoms with E-state index in [1.165, 1.54) is 11.8 Å². The first-order chi connectivity index (χ1) is 19.2. The summed E-state index contributed by atoms with van der Waals surface area (Å²) < 4.78 is 0. The van der Waals surface area contributed by atoms with Gasteiger partial charge in [0.1, 0.15) is 0 Å². The topological polar surface area (TPSA) is 130 Å². The summed E-state index contributed by atoms with van der Waals surface area (Å²) in [4.78, 5) is 64.5. The van der Waals surface area contributed by atoms with Crippen LogP contribution in [0.25, 0.3) is 0 Å². The number of hydrogen-bond acceptors (Lipinski definition) is 6. The van der Waals surface area contributed by atoms with Gasteiger partial charge in [0.15, 0.2) is 11.6 Å². The van der Waals surface area contributed by atoms with Crippen LogP contribution in [0, 0.1) is 11.8 Å². The van der Waals surface area contributed by atoms with Crippen LogP contribution in [-0.2, 0) is 14.4 Å². The Hall–Kier alpha value is -4.50. The van der Waals surface area contributed by atoms with Gasteiger partial charge in [0, 0.05) is 27.3 Å². The zero-order valence-electron chi connectivity index (χ0n) is 21.5. The van der Waals surface area contributed by atoms with E-state index in [0.29, 0.717) is 34.6 Å². The number of carboxylic acid groups (broad SMARTS) is 1. The molecule has 0 aliphatic heterocycles. The van der Waals surface area contributed by atoms with Crippen LogP contribution in [0.15, 0.2) is 83.8 Å². The van der Waals surface area contributed by atoms with Crippen LogP contribution in [0.1, 0.15) is 51.6 Å². The molecule has 3 aromatic rings. The number of carbonyl (C=O) groups is 5. The second-order valence-corrected chi connectivity index (χ2v) is 11.1. The number of allylic oxidation sites excluding steroid dienone is 2. The summed E-state index contributed by atoms with van der Waals surface area (Å²) in [6.07, 6.45) is 4.27. The summed E-state index contributed by atoms with van der Waals surface area (Å²) in [5, 5.41) is 14.5. The van der Waals surface area contributed by atoms with Crippen LogP contribution in [0.5, 0.6) is 0 Å². The number of fused-ring (bicyclic) bond motifs is 2. The van der Waals surface area contributed by atoms with Gasteiger partial charge in [-0.25, -0.2) is 0 Å². The molecule has 9 heteroatoms. The highest BCUT2D eigenvalue weighted by Crippen LogP contribution is 2.33. The third-order valence-electron chi connectivity index (χ3n) is 7.08. The van der Waals surface area contributed by atoms with Gasteiger partial charge in [-0.1, -0.05) is 54.6 Å². The third kappa shape index (κ3) is 5.33. The lowest BCUT2D eigenvalue weighted by molar-refractivity contribution is -0.146. The quantitative estimate of drug-likeness (QED) is 0.212. The maximum Gasteiger partial charge on any atom is 0.307 e. The van der Waals surface area contributed by atoms with Crippen LogP contribution in [-0.4, -0.2) is 39.7 Å². The maximum atomic E-state index is 13.2. The van der Waals surface area contributed by atoms with Crippen LogP contribution >= 0.6 is 11.8 Å². The smallest absolute Gasteiger partial charge is 0.307 e. The van der Waals surface area contributed by atoms with E-state index < -0.39 is 23.1 Å². The average molecular weight is 555 g/mol. The highest BCUT2D eigenvalue weighted by Gasteiger charge is 2.34. The van der Waals surface area contributed by atoms with Crippen LogP contribution < -0.4 is 10.6 Å². The van der Waals surface area contributed by atoms with E-state index in [-0.39, 0.29) is 40.2 Å². The van der Waals surface area contributed by atoms with E-state index in [2.05, 4.69) is 10.6 Å². The Balaban J connectivity index is 1.27. The molecule has 40 heavy (non-hydrogen) atoms. The van der Waals surface area contributed by atoms with Crippen molar-refractivity contribution in [2.45, 2.75) is 29.9 Å². The van der Waals surface area contributed by atoms with Crippen molar-refractivity contribution in [1.29, 1.82) is 0 Å².